The summed E-state index contributed by atoms with van der Waals surface area (Å²) in [6.07, 6.45) is 5.11. The first-order chi connectivity index (χ1) is 8.94. The largest absolute Gasteiger partial charge is 0.480 e. The van der Waals surface area contributed by atoms with E-state index in [1.165, 1.54) is 0 Å². The van der Waals surface area contributed by atoms with Gasteiger partial charge in [0, 0.05) is 11.3 Å². The van der Waals surface area contributed by atoms with E-state index < -0.39 is 18.0 Å². The van der Waals surface area contributed by atoms with Crippen LogP contribution < -0.4 is 10.6 Å². The Morgan fingerprint density at radius 3 is 2.21 bits per heavy atom. The first-order valence-electron chi connectivity index (χ1n) is 6.77. The van der Waals surface area contributed by atoms with Crippen LogP contribution in [0.5, 0.6) is 0 Å². The molecule has 0 saturated carbocycles. The van der Waals surface area contributed by atoms with Gasteiger partial charge in [0.15, 0.2) is 0 Å². The molecule has 0 bridgehead atoms. The van der Waals surface area contributed by atoms with Crippen molar-refractivity contribution in [2.24, 2.45) is 0 Å². The number of carbonyl (C=O) groups excluding carboxylic acids is 1. The average Bonchev–Trinajstić information content (AvgIpc) is 2.40. The quantitative estimate of drug-likeness (QED) is 0.609. The number of hydrogen-bond donors (Lipinski definition) is 3. The van der Waals surface area contributed by atoms with Gasteiger partial charge < -0.3 is 15.7 Å². The summed E-state index contributed by atoms with van der Waals surface area (Å²) in [5.41, 5.74) is 0. The Morgan fingerprint density at radius 1 is 1.26 bits per heavy atom. The van der Waals surface area contributed by atoms with Crippen LogP contribution in [-0.4, -0.2) is 40.7 Å². The van der Waals surface area contributed by atoms with Gasteiger partial charge >= 0.3 is 12.0 Å². The van der Waals surface area contributed by atoms with Gasteiger partial charge in [-0.25, -0.2) is 9.59 Å². The molecule has 5 nitrogen and oxygen atoms in total. The van der Waals surface area contributed by atoms with Crippen molar-refractivity contribution < 1.29 is 14.7 Å². The van der Waals surface area contributed by atoms with Gasteiger partial charge in [0.05, 0.1) is 0 Å². The number of nitrogens with one attached hydrogen (secondary N) is 2. The van der Waals surface area contributed by atoms with Crippen LogP contribution in [0, 0.1) is 0 Å². The molecule has 19 heavy (non-hydrogen) atoms. The molecule has 0 saturated heterocycles. The van der Waals surface area contributed by atoms with Crippen molar-refractivity contribution in [3.8, 4) is 0 Å². The van der Waals surface area contributed by atoms with Crippen LogP contribution >= 0.6 is 11.8 Å². The number of carboxylic acid groups (broad SMARTS) is 1. The summed E-state index contributed by atoms with van der Waals surface area (Å²) in [5.74, 6) is -0.987. The summed E-state index contributed by atoms with van der Waals surface area (Å²) in [6.45, 7) is 6.63. The Bertz CT molecular complexity index is 285. The molecule has 0 radical (unpaired) electrons. The van der Waals surface area contributed by atoms with Crippen LogP contribution in [0.25, 0.3) is 0 Å². The van der Waals surface area contributed by atoms with Crippen molar-refractivity contribution in [3.63, 3.8) is 0 Å². The van der Waals surface area contributed by atoms with E-state index in [-0.39, 0.29) is 4.75 Å². The molecular weight excluding hydrogens is 264 g/mol. The topological polar surface area (TPSA) is 78.4 Å². The lowest BCUT2D eigenvalue weighted by Gasteiger charge is -2.30. The molecule has 0 spiro atoms. The van der Waals surface area contributed by atoms with Gasteiger partial charge in [0.2, 0.25) is 0 Å². The summed E-state index contributed by atoms with van der Waals surface area (Å²) in [5, 5.41) is 14.3. The lowest BCUT2D eigenvalue weighted by atomic mass is 10.0. The summed E-state index contributed by atoms with van der Waals surface area (Å²) in [4.78, 5) is 22.7. The first kappa shape index (κ1) is 18.1. The van der Waals surface area contributed by atoms with E-state index in [1.54, 1.807) is 11.8 Å². The maximum atomic E-state index is 11.7. The molecule has 112 valence electrons. The zero-order valence-electron chi connectivity index (χ0n) is 12.3. The van der Waals surface area contributed by atoms with Gasteiger partial charge in [-0.15, -0.1) is 0 Å². The second-order valence-corrected chi connectivity index (χ2v) is 5.88. The van der Waals surface area contributed by atoms with Gasteiger partial charge in [0.1, 0.15) is 6.04 Å². The molecule has 0 fully saturated rings. The second-order valence-electron chi connectivity index (χ2n) is 4.60. The molecule has 0 aromatic carbocycles. The molecule has 1 atom stereocenters. The van der Waals surface area contributed by atoms with E-state index in [1.807, 2.05) is 13.2 Å². The maximum Gasteiger partial charge on any atom is 0.326 e. The minimum Gasteiger partial charge on any atom is -0.480 e. The van der Waals surface area contributed by atoms with Gasteiger partial charge in [0.25, 0.3) is 0 Å². The van der Waals surface area contributed by atoms with E-state index in [2.05, 4.69) is 24.5 Å². The SMILES string of the molecule is CCC[C@H](NC(=O)NCC(CC)(CC)SC)C(=O)O. The third-order valence-corrected chi connectivity index (χ3v) is 5.06. The zero-order valence-corrected chi connectivity index (χ0v) is 13.1. The number of thioether (sulfide) groups is 1. The monoisotopic (exact) mass is 290 g/mol. The third-order valence-electron chi connectivity index (χ3n) is 3.47. The fourth-order valence-corrected chi connectivity index (χ4v) is 2.65. The minimum atomic E-state index is -0.987. The molecule has 3 N–H and O–H groups in total. The van der Waals surface area contributed by atoms with Gasteiger partial charge in [-0.05, 0) is 25.5 Å². The molecule has 0 rings (SSSR count). The fraction of sp³-hybridized carbons (Fsp3) is 0.846. The zero-order chi connectivity index (χ0) is 14.9. The average molecular weight is 290 g/mol. The van der Waals surface area contributed by atoms with Gasteiger partial charge in [-0.1, -0.05) is 27.2 Å². The highest BCUT2D eigenvalue weighted by atomic mass is 32.2. The Hall–Kier alpha value is -0.910. The summed E-state index contributed by atoms with van der Waals surface area (Å²) >= 11 is 1.74. The normalized spacial score (nSPS) is 12.8. The van der Waals surface area contributed by atoms with E-state index >= 15 is 0 Å². The number of carbonyl (C=O) groups is 2. The number of amides is 2. The predicted molar refractivity (Wildman–Crippen MR) is 79.7 cm³/mol. The van der Waals surface area contributed by atoms with E-state index in [4.69, 9.17) is 5.11 Å². The highest BCUT2D eigenvalue weighted by molar-refractivity contribution is 8.00. The highest BCUT2D eigenvalue weighted by Crippen LogP contribution is 2.29. The molecule has 0 aromatic heterocycles. The Labute approximate surface area is 119 Å². The van der Waals surface area contributed by atoms with Crippen molar-refractivity contribution in [3.05, 3.63) is 0 Å². The molecule has 0 unspecified atom stereocenters. The van der Waals surface area contributed by atoms with Crippen molar-refractivity contribution in [1.29, 1.82) is 0 Å². The number of hydrogen-bond acceptors (Lipinski definition) is 3. The molecular formula is C13H26N2O3S. The first-order valence-corrected chi connectivity index (χ1v) is 7.99. The lowest BCUT2D eigenvalue weighted by Crippen LogP contribution is -2.49. The molecule has 2 amide bonds. The van der Waals surface area contributed by atoms with Crippen molar-refractivity contribution >= 4 is 23.8 Å². The summed E-state index contributed by atoms with van der Waals surface area (Å²) in [7, 11) is 0. The van der Waals surface area contributed by atoms with E-state index in [9.17, 15) is 9.59 Å². The minimum absolute atomic E-state index is 0.0286. The van der Waals surface area contributed by atoms with Crippen LogP contribution in [0.3, 0.4) is 0 Å². The van der Waals surface area contributed by atoms with Crippen molar-refractivity contribution in [2.75, 3.05) is 12.8 Å². The number of carboxylic acids is 1. The van der Waals surface area contributed by atoms with Crippen LogP contribution in [0.2, 0.25) is 0 Å². The van der Waals surface area contributed by atoms with E-state index in [0.29, 0.717) is 13.0 Å². The van der Waals surface area contributed by atoms with Crippen LogP contribution in [-0.2, 0) is 4.79 Å². The Morgan fingerprint density at radius 2 is 1.84 bits per heavy atom. The summed E-state index contributed by atoms with van der Waals surface area (Å²) < 4.78 is 0.0286. The number of rotatable bonds is 9. The smallest absolute Gasteiger partial charge is 0.326 e. The van der Waals surface area contributed by atoms with Crippen molar-refractivity contribution in [2.45, 2.75) is 57.2 Å². The third kappa shape index (κ3) is 6.18. The Balaban J connectivity index is 4.33. The lowest BCUT2D eigenvalue weighted by molar-refractivity contribution is -0.139. The van der Waals surface area contributed by atoms with Crippen LogP contribution in [0.4, 0.5) is 4.79 Å². The van der Waals surface area contributed by atoms with Crippen LogP contribution in [0.15, 0.2) is 0 Å². The maximum absolute atomic E-state index is 11.7. The number of urea groups is 1. The molecule has 6 heteroatoms. The summed E-state index contributed by atoms with van der Waals surface area (Å²) in [6, 6.07) is -1.21. The van der Waals surface area contributed by atoms with Crippen LogP contribution in [0.1, 0.15) is 46.5 Å². The molecule has 0 aliphatic rings. The molecule has 0 aliphatic carbocycles. The predicted octanol–water partition coefficient (Wildman–Crippen LogP) is 2.46. The molecule has 0 aromatic rings. The highest BCUT2D eigenvalue weighted by Gasteiger charge is 2.26. The molecule has 0 heterocycles. The Kier molecular flexibility index (Phi) is 8.63. The number of aliphatic carboxylic acids is 1. The van der Waals surface area contributed by atoms with Gasteiger partial charge in [-0.2, -0.15) is 11.8 Å². The fourth-order valence-electron chi connectivity index (χ4n) is 1.86. The second kappa shape index (κ2) is 9.07. The van der Waals surface area contributed by atoms with Crippen molar-refractivity contribution in [1.82, 2.24) is 10.6 Å². The standard InChI is InChI=1S/C13H26N2O3S/c1-5-8-10(11(16)17)15-12(18)14-9-13(6-2,7-3)19-4/h10H,5-9H2,1-4H3,(H,16,17)(H2,14,15,18)/t10-/m0/s1. The molecule has 0 aliphatic heterocycles. The van der Waals surface area contributed by atoms with E-state index in [0.717, 1.165) is 19.3 Å². The van der Waals surface area contributed by atoms with Gasteiger partial charge in [-0.3, -0.25) is 0 Å².